The van der Waals surface area contributed by atoms with E-state index in [2.05, 4.69) is 10.6 Å². The summed E-state index contributed by atoms with van der Waals surface area (Å²) in [5.74, 6) is -1.44. The third kappa shape index (κ3) is 3.97. The SMILES string of the molecule is Cc1ccc(C(=O)[C@H](NC(=O)c2ccco2)Nc2ccccc2F)cc1. The van der Waals surface area contributed by atoms with Crippen molar-refractivity contribution in [2.45, 2.75) is 13.1 Å². The van der Waals surface area contributed by atoms with Gasteiger partial charge in [-0.15, -0.1) is 0 Å². The molecule has 6 heteroatoms. The van der Waals surface area contributed by atoms with Crippen molar-refractivity contribution >= 4 is 17.4 Å². The van der Waals surface area contributed by atoms with Gasteiger partial charge in [0.1, 0.15) is 5.82 Å². The summed E-state index contributed by atoms with van der Waals surface area (Å²) in [7, 11) is 0. The summed E-state index contributed by atoms with van der Waals surface area (Å²) >= 11 is 0. The standard InChI is InChI=1S/C20H17FN2O3/c1-13-8-10-14(11-9-13)18(24)19(22-16-6-3-2-5-15(16)21)23-20(25)17-7-4-12-26-17/h2-12,19,22H,1H3,(H,23,25)/t19-/m0/s1. The third-order valence-electron chi connectivity index (χ3n) is 3.79. The van der Waals surface area contributed by atoms with Crippen molar-refractivity contribution < 1.29 is 18.4 Å². The smallest absolute Gasteiger partial charge is 0.288 e. The molecule has 0 saturated carbocycles. The molecule has 1 atom stereocenters. The Kier molecular flexibility index (Phi) is 5.12. The monoisotopic (exact) mass is 352 g/mol. The van der Waals surface area contributed by atoms with E-state index >= 15 is 0 Å². The van der Waals surface area contributed by atoms with Crippen LogP contribution in [0.5, 0.6) is 0 Å². The number of halogens is 1. The van der Waals surface area contributed by atoms with Crippen LogP contribution in [0.1, 0.15) is 26.5 Å². The molecular formula is C20H17FN2O3. The number of aryl methyl sites for hydroxylation is 1. The first kappa shape index (κ1) is 17.4. The number of ketones is 1. The summed E-state index contributed by atoms with van der Waals surface area (Å²) in [4.78, 5) is 25.1. The van der Waals surface area contributed by atoms with E-state index in [1.165, 1.54) is 24.5 Å². The lowest BCUT2D eigenvalue weighted by Gasteiger charge is -2.20. The van der Waals surface area contributed by atoms with Gasteiger partial charge in [-0.05, 0) is 31.2 Å². The highest BCUT2D eigenvalue weighted by atomic mass is 19.1. The van der Waals surface area contributed by atoms with Gasteiger partial charge in [0.05, 0.1) is 12.0 Å². The van der Waals surface area contributed by atoms with Gasteiger partial charge >= 0.3 is 0 Å². The normalized spacial score (nSPS) is 11.6. The number of rotatable bonds is 6. The van der Waals surface area contributed by atoms with E-state index in [1.807, 2.05) is 6.92 Å². The average Bonchev–Trinajstić information content (AvgIpc) is 3.18. The Morgan fingerprint density at radius 2 is 1.73 bits per heavy atom. The van der Waals surface area contributed by atoms with Gasteiger partial charge in [0, 0.05) is 5.56 Å². The summed E-state index contributed by atoms with van der Waals surface area (Å²) in [6.07, 6.45) is 0.197. The molecular weight excluding hydrogens is 335 g/mol. The van der Waals surface area contributed by atoms with Crippen molar-refractivity contribution in [3.63, 3.8) is 0 Å². The van der Waals surface area contributed by atoms with Crippen LogP contribution < -0.4 is 10.6 Å². The number of benzene rings is 2. The molecule has 1 aromatic heterocycles. The lowest BCUT2D eigenvalue weighted by atomic mass is 10.1. The minimum absolute atomic E-state index is 0.0574. The van der Waals surface area contributed by atoms with Crippen molar-refractivity contribution in [1.29, 1.82) is 0 Å². The van der Waals surface area contributed by atoms with E-state index < -0.39 is 23.7 Å². The highest BCUT2D eigenvalue weighted by Gasteiger charge is 2.24. The van der Waals surface area contributed by atoms with Crippen molar-refractivity contribution in [1.82, 2.24) is 5.32 Å². The Bertz CT molecular complexity index is 905. The van der Waals surface area contributed by atoms with Crippen LogP contribution in [0, 0.1) is 12.7 Å². The molecule has 0 bridgehead atoms. The molecule has 0 aliphatic carbocycles. The number of amides is 1. The highest BCUT2D eigenvalue weighted by Crippen LogP contribution is 2.16. The zero-order valence-corrected chi connectivity index (χ0v) is 14.0. The molecule has 0 aliphatic rings. The molecule has 5 nitrogen and oxygen atoms in total. The summed E-state index contributed by atoms with van der Waals surface area (Å²) in [6, 6.07) is 15.9. The Morgan fingerprint density at radius 1 is 1.00 bits per heavy atom. The molecule has 0 spiro atoms. The average molecular weight is 352 g/mol. The maximum atomic E-state index is 14.0. The lowest BCUT2D eigenvalue weighted by molar-refractivity contribution is 0.0852. The highest BCUT2D eigenvalue weighted by molar-refractivity contribution is 6.04. The van der Waals surface area contributed by atoms with Gasteiger partial charge in [0.25, 0.3) is 5.91 Å². The Labute approximate surface area is 149 Å². The van der Waals surface area contributed by atoms with Crippen LogP contribution in [-0.4, -0.2) is 17.9 Å². The molecule has 2 N–H and O–H groups in total. The van der Waals surface area contributed by atoms with E-state index in [1.54, 1.807) is 42.5 Å². The zero-order valence-electron chi connectivity index (χ0n) is 14.0. The van der Waals surface area contributed by atoms with E-state index in [-0.39, 0.29) is 11.4 Å². The minimum Gasteiger partial charge on any atom is -0.459 e. The van der Waals surface area contributed by atoms with Gasteiger partial charge in [0.15, 0.2) is 11.9 Å². The van der Waals surface area contributed by atoms with Gasteiger partial charge < -0.3 is 15.1 Å². The summed E-state index contributed by atoms with van der Waals surface area (Å²) in [5, 5.41) is 5.30. The number of anilines is 1. The molecule has 1 heterocycles. The fourth-order valence-electron chi connectivity index (χ4n) is 2.40. The van der Waals surface area contributed by atoms with Crippen molar-refractivity contribution in [2.75, 3.05) is 5.32 Å². The maximum Gasteiger partial charge on any atom is 0.288 e. The molecule has 3 aromatic rings. The van der Waals surface area contributed by atoms with Gasteiger partial charge in [-0.3, -0.25) is 9.59 Å². The minimum atomic E-state index is -1.16. The number of para-hydroxylation sites is 1. The summed E-state index contributed by atoms with van der Waals surface area (Å²) < 4.78 is 19.0. The number of carbonyl (C=O) groups is 2. The molecule has 0 aliphatic heterocycles. The second kappa shape index (κ2) is 7.65. The molecule has 0 fully saturated rings. The predicted octanol–water partition coefficient (Wildman–Crippen LogP) is 3.78. The molecule has 0 unspecified atom stereocenters. The fraction of sp³-hybridized carbons (Fsp3) is 0.100. The maximum absolute atomic E-state index is 14.0. The molecule has 0 saturated heterocycles. The number of hydrogen-bond donors (Lipinski definition) is 2. The Morgan fingerprint density at radius 3 is 2.38 bits per heavy atom. The summed E-state index contributed by atoms with van der Waals surface area (Å²) in [5.41, 5.74) is 1.50. The van der Waals surface area contributed by atoms with Gasteiger partial charge in [-0.2, -0.15) is 0 Å². The van der Waals surface area contributed by atoms with E-state index in [0.29, 0.717) is 5.56 Å². The van der Waals surface area contributed by atoms with Crippen LogP contribution in [0.15, 0.2) is 71.3 Å². The first-order valence-corrected chi connectivity index (χ1v) is 8.01. The van der Waals surface area contributed by atoms with Crippen LogP contribution in [0.2, 0.25) is 0 Å². The third-order valence-corrected chi connectivity index (χ3v) is 3.79. The second-order valence-corrected chi connectivity index (χ2v) is 5.74. The van der Waals surface area contributed by atoms with Crippen LogP contribution in [-0.2, 0) is 0 Å². The van der Waals surface area contributed by atoms with E-state index in [4.69, 9.17) is 4.42 Å². The second-order valence-electron chi connectivity index (χ2n) is 5.74. The number of hydrogen-bond acceptors (Lipinski definition) is 4. The van der Waals surface area contributed by atoms with Gasteiger partial charge in [0.2, 0.25) is 5.78 Å². The summed E-state index contributed by atoms with van der Waals surface area (Å²) in [6.45, 7) is 1.90. The van der Waals surface area contributed by atoms with Gasteiger partial charge in [-0.1, -0.05) is 42.0 Å². The van der Waals surface area contributed by atoms with Crippen LogP contribution in [0.4, 0.5) is 10.1 Å². The number of Topliss-reactive ketones (excluding diaryl/α,β-unsaturated/α-hetero) is 1. The first-order chi connectivity index (χ1) is 12.5. The Hall–Kier alpha value is -3.41. The van der Waals surface area contributed by atoms with Crippen LogP contribution in [0.3, 0.4) is 0 Å². The van der Waals surface area contributed by atoms with Crippen LogP contribution >= 0.6 is 0 Å². The zero-order chi connectivity index (χ0) is 18.5. The van der Waals surface area contributed by atoms with Crippen molar-refractivity contribution in [3.8, 4) is 0 Å². The molecule has 1 amide bonds. The molecule has 132 valence electrons. The van der Waals surface area contributed by atoms with E-state index in [0.717, 1.165) is 5.56 Å². The quantitative estimate of drug-likeness (QED) is 0.523. The molecule has 2 aromatic carbocycles. The van der Waals surface area contributed by atoms with Gasteiger partial charge in [-0.25, -0.2) is 4.39 Å². The molecule has 26 heavy (non-hydrogen) atoms. The first-order valence-electron chi connectivity index (χ1n) is 8.01. The number of carbonyl (C=O) groups excluding carboxylic acids is 2. The largest absolute Gasteiger partial charge is 0.459 e. The molecule has 0 radical (unpaired) electrons. The Balaban J connectivity index is 1.87. The van der Waals surface area contributed by atoms with Crippen LogP contribution in [0.25, 0.3) is 0 Å². The fourth-order valence-corrected chi connectivity index (χ4v) is 2.40. The van der Waals surface area contributed by atoms with E-state index in [9.17, 15) is 14.0 Å². The predicted molar refractivity (Wildman–Crippen MR) is 95.5 cm³/mol. The number of furan rings is 1. The topological polar surface area (TPSA) is 71.3 Å². The molecule has 3 rings (SSSR count). The van der Waals surface area contributed by atoms with Crippen molar-refractivity contribution in [3.05, 3.63) is 89.6 Å². The lowest BCUT2D eigenvalue weighted by Crippen LogP contribution is -2.46. The van der Waals surface area contributed by atoms with Crippen molar-refractivity contribution in [2.24, 2.45) is 0 Å². The number of nitrogens with one attached hydrogen (secondary N) is 2.